The molecule has 0 saturated heterocycles. The summed E-state index contributed by atoms with van der Waals surface area (Å²) in [6, 6.07) is 2.01. The van der Waals surface area contributed by atoms with Crippen molar-refractivity contribution in [2.75, 3.05) is 25.5 Å². The lowest BCUT2D eigenvalue weighted by atomic mass is 10.1. The number of benzene rings is 1. The molecule has 4 nitrogen and oxygen atoms in total. The third kappa shape index (κ3) is 3.53. The molecule has 0 aliphatic heterocycles. The number of rotatable bonds is 6. The molecule has 0 heterocycles. The van der Waals surface area contributed by atoms with Crippen LogP contribution in [0.4, 0.5) is 14.5 Å². The number of ether oxygens (including phenoxy) is 1. The fourth-order valence-corrected chi connectivity index (χ4v) is 1.27. The van der Waals surface area contributed by atoms with Crippen LogP contribution >= 0.6 is 0 Å². The van der Waals surface area contributed by atoms with Gasteiger partial charge in [-0.3, -0.25) is 4.79 Å². The lowest BCUT2D eigenvalue weighted by Crippen LogP contribution is -2.29. The molecule has 18 heavy (non-hydrogen) atoms. The summed E-state index contributed by atoms with van der Waals surface area (Å²) in [6.45, 7) is 4.16. The number of anilines is 1. The first-order chi connectivity index (χ1) is 8.57. The smallest absolute Gasteiger partial charge is 0.257 e. The van der Waals surface area contributed by atoms with Gasteiger partial charge in [-0.1, -0.05) is 6.08 Å². The molecule has 0 aliphatic carbocycles. The van der Waals surface area contributed by atoms with E-state index >= 15 is 0 Å². The molecule has 0 fully saturated rings. The molecule has 3 N–H and O–H groups in total. The molecule has 0 unspecified atom stereocenters. The zero-order valence-corrected chi connectivity index (χ0v) is 9.71. The maximum absolute atomic E-state index is 13.5. The molecule has 0 saturated carbocycles. The number of hydrogen-bond donors (Lipinski definition) is 2. The van der Waals surface area contributed by atoms with Crippen LogP contribution in [0, 0.1) is 11.6 Å². The van der Waals surface area contributed by atoms with Crippen molar-refractivity contribution in [2.24, 2.45) is 0 Å². The number of carbonyl (C=O) groups is 1. The molecular formula is C12H14F2N2O2. The maximum Gasteiger partial charge on any atom is 0.257 e. The predicted octanol–water partition coefficient (Wildman–Crippen LogP) is 1.48. The van der Waals surface area contributed by atoms with E-state index in [0.717, 1.165) is 12.1 Å². The van der Waals surface area contributed by atoms with Crippen LogP contribution in [-0.4, -0.2) is 25.7 Å². The summed E-state index contributed by atoms with van der Waals surface area (Å²) < 4.78 is 31.8. The van der Waals surface area contributed by atoms with Gasteiger partial charge in [-0.25, -0.2) is 8.78 Å². The summed E-state index contributed by atoms with van der Waals surface area (Å²) in [5.74, 6) is -2.87. The predicted molar refractivity (Wildman–Crippen MR) is 64.1 cm³/mol. The number of nitrogens with two attached hydrogens (primary N) is 1. The molecule has 6 heteroatoms. The van der Waals surface area contributed by atoms with Crippen molar-refractivity contribution in [3.05, 3.63) is 42.0 Å². The molecule has 0 radical (unpaired) electrons. The second-order valence-corrected chi connectivity index (χ2v) is 3.45. The highest BCUT2D eigenvalue weighted by atomic mass is 19.1. The van der Waals surface area contributed by atoms with Gasteiger partial charge < -0.3 is 15.8 Å². The Balaban J connectivity index is 2.62. The first-order valence-corrected chi connectivity index (χ1v) is 5.28. The van der Waals surface area contributed by atoms with Crippen LogP contribution in [0.1, 0.15) is 10.4 Å². The minimum atomic E-state index is -1.06. The maximum atomic E-state index is 13.5. The summed E-state index contributed by atoms with van der Waals surface area (Å²) in [5, 5.41) is 2.33. The van der Waals surface area contributed by atoms with Gasteiger partial charge in [-0.2, -0.15) is 0 Å². The molecule has 0 aromatic heterocycles. The summed E-state index contributed by atoms with van der Waals surface area (Å²) in [6.07, 6.45) is 1.55. The third-order valence-electron chi connectivity index (χ3n) is 2.12. The fraction of sp³-hybridized carbons (Fsp3) is 0.250. The summed E-state index contributed by atoms with van der Waals surface area (Å²) in [7, 11) is 0. The Morgan fingerprint density at radius 1 is 1.50 bits per heavy atom. The minimum Gasteiger partial charge on any atom is -0.396 e. The Bertz CT molecular complexity index is 450. The largest absolute Gasteiger partial charge is 0.396 e. The average molecular weight is 256 g/mol. The van der Waals surface area contributed by atoms with Gasteiger partial charge in [-0.15, -0.1) is 6.58 Å². The zero-order valence-electron chi connectivity index (χ0n) is 9.71. The molecule has 1 amide bonds. The summed E-state index contributed by atoms with van der Waals surface area (Å²) in [4.78, 5) is 11.5. The Hall–Kier alpha value is -1.95. The van der Waals surface area contributed by atoms with E-state index in [1.165, 1.54) is 0 Å². The second kappa shape index (κ2) is 6.70. The normalized spacial score (nSPS) is 10.1. The number of halogens is 2. The van der Waals surface area contributed by atoms with Crippen LogP contribution in [0.2, 0.25) is 0 Å². The van der Waals surface area contributed by atoms with Crippen LogP contribution in [0.25, 0.3) is 0 Å². The molecule has 1 aromatic carbocycles. The van der Waals surface area contributed by atoms with Crippen LogP contribution in [0.5, 0.6) is 0 Å². The van der Waals surface area contributed by atoms with Crippen LogP contribution in [0.15, 0.2) is 24.8 Å². The van der Waals surface area contributed by atoms with Gasteiger partial charge in [0.05, 0.1) is 18.9 Å². The zero-order chi connectivity index (χ0) is 13.5. The Morgan fingerprint density at radius 3 is 2.89 bits per heavy atom. The molecular weight excluding hydrogens is 242 g/mol. The number of nitrogens with one attached hydrogen (secondary N) is 1. The summed E-state index contributed by atoms with van der Waals surface area (Å²) in [5.41, 5.74) is 4.31. The molecule has 1 rings (SSSR count). The van der Waals surface area contributed by atoms with Crippen LogP contribution in [0.3, 0.4) is 0 Å². The fourth-order valence-electron chi connectivity index (χ4n) is 1.27. The van der Waals surface area contributed by atoms with Crippen LogP contribution in [-0.2, 0) is 4.74 Å². The van der Waals surface area contributed by atoms with E-state index in [4.69, 9.17) is 10.5 Å². The Morgan fingerprint density at radius 2 is 2.22 bits per heavy atom. The molecule has 98 valence electrons. The van der Waals surface area contributed by atoms with Gasteiger partial charge in [0, 0.05) is 6.54 Å². The van der Waals surface area contributed by atoms with Gasteiger partial charge in [-0.05, 0) is 12.1 Å². The highest BCUT2D eigenvalue weighted by molar-refractivity contribution is 5.95. The lowest BCUT2D eigenvalue weighted by Gasteiger charge is -2.08. The Labute approximate surface area is 103 Å². The standard InChI is InChI=1S/C12H14F2N2O2/c1-2-6-18-7-5-16-12(17)10-8(13)3-4-9(15)11(10)14/h2-4H,1,5-7,15H2,(H,16,17). The van der Waals surface area contributed by atoms with Crippen molar-refractivity contribution in [3.63, 3.8) is 0 Å². The van der Waals surface area contributed by atoms with E-state index in [9.17, 15) is 13.6 Å². The van der Waals surface area contributed by atoms with E-state index in [-0.39, 0.29) is 18.8 Å². The third-order valence-corrected chi connectivity index (χ3v) is 2.12. The van der Waals surface area contributed by atoms with E-state index in [1.54, 1.807) is 6.08 Å². The topological polar surface area (TPSA) is 64.3 Å². The Kier molecular flexibility index (Phi) is 5.26. The highest BCUT2D eigenvalue weighted by Gasteiger charge is 2.18. The van der Waals surface area contributed by atoms with E-state index in [2.05, 4.69) is 11.9 Å². The lowest BCUT2D eigenvalue weighted by molar-refractivity contribution is 0.0920. The van der Waals surface area contributed by atoms with Crippen molar-refractivity contribution in [2.45, 2.75) is 0 Å². The average Bonchev–Trinajstić information content (AvgIpc) is 2.34. The molecule has 0 spiro atoms. The van der Waals surface area contributed by atoms with Gasteiger partial charge >= 0.3 is 0 Å². The molecule has 0 atom stereocenters. The second-order valence-electron chi connectivity index (χ2n) is 3.45. The van der Waals surface area contributed by atoms with Gasteiger partial charge in [0.15, 0.2) is 5.82 Å². The van der Waals surface area contributed by atoms with Gasteiger partial charge in [0.2, 0.25) is 0 Å². The monoisotopic (exact) mass is 256 g/mol. The van der Waals surface area contributed by atoms with E-state index in [1.807, 2.05) is 0 Å². The van der Waals surface area contributed by atoms with Gasteiger partial charge in [0.25, 0.3) is 5.91 Å². The first kappa shape index (κ1) is 14.1. The number of amides is 1. The van der Waals surface area contributed by atoms with Crippen LogP contribution < -0.4 is 11.1 Å². The van der Waals surface area contributed by atoms with E-state index in [0.29, 0.717) is 6.61 Å². The first-order valence-electron chi connectivity index (χ1n) is 5.28. The number of carbonyl (C=O) groups excluding carboxylic acids is 1. The molecule has 1 aromatic rings. The molecule has 0 aliphatic rings. The quantitative estimate of drug-likeness (QED) is 0.460. The number of hydrogen-bond acceptors (Lipinski definition) is 3. The van der Waals surface area contributed by atoms with Crippen molar-refractivity contribution in [3.8, 4) is 0 Å². The number of nitrogen functional groups attached to an aromatic ring is 1. The van der Waals surface area contributed by atoms with E-state index < -0.39 is 23.1 Å². The highest BCUT2D eigenvalue weighted by Crippen LogP contribution is 2.18. The summed E-state index contributed by atoms with van der Waals surface area (Å²) >= 11 is 0. The SMILES string of the molecule is C=CCOCCNC(=O)c1c(F)ccc(N)c1F. The van der Waals surface area contributed by atoms with Crippen molar-refractivity contribution in [1.82, 2.24) is 5.32 Å². The van der Waals surface area contributed by atoms with Crippen molar-refractivity contribution >= 4 is 11.6 Å². The van der Waals surface area contributed by atoms with Crippen molar-refractivity contribution < 1.29 is 18.3 Å². The van der Waals surface area contributed by atoms with Gasteiger partial charge in [0.1, 0.15) is 11.4 Å². The minimum absolute atomic E-state index is 0.139. The van der Waals surface area contributed by atoms with Crippen molar-refractivity contribution in [1.29, 1.82) is 0 Å². The molecule has 0 bridgehead atoms.